The summed E-state index contributed by atoms with van der Waals surface area (Å²) in [7, 11) is 0. The number of hydrogen-bond donors (Lipinski definition) is 0. The highest BCUT2D eigenvalue weighted by Crippen LogP contribution is 2.19. The number of hydrogen-bond acceptors (Lipinski definition) is 4. The molecule has 0 aliphatic heterocycles. The van der Waals surface area contributed by atoms with Crippen LogP contribution in [0.25, 0.3) is 11.0 Å². The highest BCUT2D eigenvalue weighted by atomic mass is 79.9. The van der Waals surface area contributed by atoms with Crippen molar-refractivity contribution in [3.05, 3.63) is 68.8 Å². The van der Waals surface area contributed by atoms with E-state index < -0.39 is 0 Å². The molecule has 0 unspecified atom stereocenters. The van der Waals surface area contributed by atoms with Gasteiger partial charge in [0.05, 0.1) is 23.6 Å². The minimum absolute atomic E-state index is 0.135. The van der Waals surface area contributed by atoms with Crippen molar-refractivity contribution >= 4 is 27.0 Å². The highest BCUT2D eigenvalue weighted by molar-refractivity contribution is 9.10. The average Bonchev–Trinajstić information content (AvgIpc) is 2.52. The molecule has 0 aliphatic carbocycles. The van der Waals surface area contributed by atoms with Crippen LogP contribution in [0.1, 0.15) is 11.1 Å². The summed E-state index contributed by atoms with van der Waals surface area (Å²) in [5, 5.41) is 9.35. The van der Waals surface area contributed by atoms with E-state index in [4.69, 9.17) is 5.26 Å². The molecule has 0 atom stereocenters. The van der Waals surface area contributed by atoms with Crippen molar-refractivity contribution in [2.75, 3.05) is 0 Å². The van der Waals surface area contributed by atoms with Crippen LogP contribution >= 0.6 is 15.9 Å². The number of benzene rings is 1. The summed E-state index contributed by atoms with van der Waals surface area (Å²) in [4.78, 5) is 20.6. The van der Waals surface area contributed by atoms with Crippen molar-refractivity contribution in [2.45, 2.75) is 6.54 Å². The van der Waals surface area contributed by atoms with Crippen molar-refractivity contribution in [1.82, 2.24) is 14.5 Å². The van der Waals surface area contributed by atoms with Crippen LogP contribution in [0.5, 0.6) is 0 Å². The molecule has 102 valence electrons. The molecule has 2 aromatic heterocycles. The number of nitrogens with zero attached hydrogens (tertiary/aromatic N) is 4. The lowest BCUT2D eigenvalue weighted by atomic mass is 10.1. The van der Waals surface area contributed by atoms with Gasteiger partial charge < -0.3 is 0 Å². The molecule has 0 spiro atoms. The zero-order valence-electron chi connectivity index (χ0n) is 10.8. The predicted octanol–water partition coefficient (Wildman–Crippen LogP) is 2.47. The second-order valence-electron chi connectivity index (χ2n) is 4.47. The second-order valence-corrected chi connectivity index (χ2v) is 5.32. The molecule has 6 heteroatoms. The molecule has 0 aliphatic rings. The largest absolute Gasteiger partial charge is 0.294 e. The molecule has 0 radical (unpaired) electrons. The fraction of sp³-hybridized carbons (Fsp3) is 0.0667. The number of pyridine rings is 1. The summed E-state index contributed by atoms with van der Waals surface area (Å²) in [6.45, 7) is 0.378. The van der Waals surface area contributed by atoms with E-state index in [0.717, 1.165) is 10.0 Å². The van der Waals surface area contributed by atoms with Crippen LogP contribution in [-0.4, -0.2) is 14.5 Å². The van der Waals surface area contributed by atoms with Crippen molar-refractivity contribution in [3.63, 3.8) is 0 Å². The van der Waals surface area contributed by atoms with Crippen LogP contribution in [0, 0.1) is 11.3 Å². The normalized spacial score (nSPS) is 10.5. The van der Waals surface area contributed by atoms with E-state index in [0.29, 0.717) is 23.1 Å². The quantitative estimate of drug-likeness (QED) is 0.718. The van der Waals surface area contributed by atoms with Crippen LogP contribution in [0.2, 0.25) is 0 Å². The first kappa shape index (κ1) is 13.5. The van der Waals surface area contributed by atoms with E-state index in [2.05, 4.69) is 32.0 Å². The Morgan fingerprint density at radius 2 is 2.14 bits per heavy atom. The first-order chi connectivity index (χ1) is 10.2. The van der Waals surface area contributed by atoms with E-state index in [-0.39, 0.29) is 5.56 Å². The van der Waals surface area contributed by atoms with Gasteiger partial charge in [-0.15, -0.1) is 0 Å². The fourth-order valence-electron chi connectivity index (χ4n) is 2.04. The van der Waals surface area contributed by atoms with E-state index in [1.165, 1.54) is 10.9 Å². The minimum atomic E-state index is -0.135. The molecule has 0 amide bonds. The maximum absolute atomic E-state index is 12.4. The molecule has 3 aromatic rings. The maximum Gasteiger partial charge on any atom is 0.263 e. The maximum atomic E-state index is 12.4. The molecule has 2 heterocycles. The SMILES string of the molecule is N#Cc1ccc(Cn2cnc3ncccc3c2=O)c(Br)c1. The number of aromatic nitrogens is 3. The molecule has 0 fully saturated rings. The van der Waals surface area contributed by atoms with Crippen molar-refractivity contribution < 1.29 is 0 Å². The number of nitriles is 1. The molecule has 5 nitrogen and oxygen atoms in total. The van der Waals surface area contributed by atoms with Crippen LogP contribution in [0.15, 0.2) is 52.1 Å². The third kappa shape index (κ3) is 2.56. The van der Waals surface area contributed by atoms with Crippen LogP contribution in [0.4, 0.5) is 0 Å². The molecular formula is C15H9BrN4O. The van der Waals surface area contributed by atoms with Gasteiger partial charge in [0.25, 0.3) is 5.56 Å². The van der Waals surface area contributed by atoms with Gasteiger partial charge in [0.2, 0.25) is 0 Å². The molecule has 0 saturated heterocycles. The average molecular weight is 341 g/mol. The molecule has 3 rings (SSSR count). The zero-order valence-corrected chi connectivity index (χ0v) is 12.4. The Bertz CT molecular complexity index is 927. The van der Waals surface area contributed by atoms with Gasteiger partial charge in [-0.05, 0) is 29.8 Å². The molecule has 0 N–H and O–H groups in total. The van der Waals surface area contributed by atoms with Crippen molar-refractivity contribution in [2.24, 2.45) is 0 Å². The van der Waals surface area contributed by atoms with E-state index in [1.807, 2.05) is 6.07 Å². The Kier molecular flexibility index (Phi) is 3.50. The van der Waals surface area contributed by atoms with Gasteiger partial charge in [-0.25, -0.2) is 9.97 Å². The van der Waals surface area contributed by atoms with E-state index in [9.17, 15) is 4.79 Å². The first-order valence-corrected chi connectivity index (χ1v) is 6.97. The summed E-state index contributed by atoms with van der Waals surface area (Å²) >= 11 is 3.42. The lowest BCUT2D eigenvalue weighted by molar-refractivity contribution is 0.744. The summed E-state index contributed by atoms with van der Waals surface area (Å²) in [6, 6.07) is 10.8. The van der Waals surface area contributed by atoms with Crippen molar-refractivity contribution in [1.29, 1.82) is 5.26 Å². The monoisotopic (exact) mass is 340 g/mol. The standard InChI is InChI=1S/C15H9BrN4O/c16-13-6-10(7-17)3-4-11(13)8-20-9-19-14-12(15(20)21)2-1-5-18-14/h1-6,9H,8H2. The van der Waals surface area contributed by atoms with Crippen molar-refractivity contribution in [3.8, 4) is 6.07 Å². The predicted molar refractivity (Wildman–Crippen MR) is 81.8 cm³/mol. The minimum Gasteiger partial charge on any atom is -0.294 e. The Labute approximate surface area is 128 Å². The molecule has 21 heavy (non-hydrogen) atoms. The Balaban J connectivity index is 2.05. The number of halogens is 1. The second kappa shape index (κ2) is 5.46. The van der Waals surface area contributed by atoms with Gasteiger partial charge in [-0.2, -0.15) is 5.26 Å². The Hall–Kier alpha value is -2.52. The smallest absolute Gasteiger partial charge is 0.263 e. The number of rotatable bonds is 2. The van der Waals surface area contributed by atoms with E-state index >= 15 is 0 Å². The third-order valence-electron chi connectivity index (χ3n) is 3.12. The fourth-order valence-corrected chi connectivity index (χ4v) is 2.54. The number of fused-ring (bicyclic) bond motifs is 1. The van der Waals surface area contributed by atoms with Gasteiger partial charge in [0.15, 0.2) is 5.65 Å². The molecule has 0 bridgehead atoms. The summed E-state index contributed by atoms with van der Waals surface area (Å²) in [5.41, 5.74) is 1.78. The van der Waals surface area contributed by atoms with Gasteiger partial charge in [0, 0.05) is 10.7 Å². The lowest BCUT2D eigenvalue weighted by Crippen LogP contribution is -2.21. The van der Waals surface area contributed by atoms with Gasteiger partial charge in [-0.1, -0.05) is 22.0 Å². The Morgan fingerprint density at radius 3 is 2.90 bits per heavy atom. The van der Waals surface area contributed by atoms with E-state index in [1.54, 1.807) is 30.5 Å². The third-order valence-corrected chi connectivity index (χ3v) is 3.86. The molecule has 0 saturated carbocycles. The van der Waals surface area contributed by atoms with Crippen LogP contribution in [-0.2, 0) is 6.54 Å². The zero-order chi connectivity index (χ0) is 14.8. The topological polar surface area (TPSA) is 71.6 Å². The molecule has 1 aromatic carbocycles. The lowest BCUT2D eigenvalue weighted by Gasteiger charge is -2.08. The van der Waals surface area contributed by atoms with Gasteiger partial charge >= 0.3 is 0 Å². The highest BCUT2D eigenvalue weighted by Gasteiger charge is 2.07. The van der Waals surface area contributed by atoms with Gasteiger partial charge in [-0.3, -0.25) is 9.36 Å². The summed E-state index contributed by atoms with van der Waals surface area (Å²) < 4.78 is 2.32. The summed E-state index contributed by atoms with van der Waals surface area (Å²) in [5.74, 6) is 0. The Morgan fingerprint density at radius 1 is 1.29 bits per heavy atom. The van der Waals surface area contributed by atoms with Crippen LogP contribution < -0.4 is 5.56 Å². The first-order valence-electron chi connectivity index (χ1n) is 6.18. The van der Waals surface area contributed by atoms with Gasteiger partial charge in [0.1, 0.15) is 6.33 Å². The molecular weight excluding hydrogens is 332 g/mol. The van der Waals surface area contributed by atoms with Crippen LogP contribution in [0.3, 0.4) is 0 Å². The summed E-state index contributed by atoms with van der Waals surface area (Å²) in [6.07, 6.45) is 3.10.